The van der Waals surface area contributed by atoms with Crippen LogP contribution in [0.2, 0.25) is 0 Å². The number of ether oxygens (including phenoxy) is 2. The molecule has 1 aliphatic rings. The van der Waals surface area contributed by atoms with Gasteiger partial charge in [0.1, 0.15) is 29.2 Å². The number of ketones is 1. The first-order valence-electron chi connectivity index (χ1n) is 8.08. The fourth-order valence-corrected chi connectivity index (χ4v) is 3.32. The molecule has 1 amide bonds. The minimum absolute atomic E-state index is 0.0868. The molecule has 0 aromatic carbocycles. The van der Waals surface area contributed by atoms with Crippen LogP contribution in [0, 0.1) is 0 Å². The van der Waals surface area contributed by atoms with Gasteiger partial charge in [-0.3, -0.25) is 9.69 Å². The highest BCUT2D eigenvalue weighted by Gasteiger charge is 2.37. The maximum atomic E-state index is 13.1. The van der Waals surface area contributed by atoms with E-state index < -0.39 is 17.7 Å². The lowest BCUT2D eigenvalue weighted by Gasteiger charge is -2.35. The Morgan fingerprint density at radius 2 is 2.15 bits per heavy atom. The number of morpholine rings is 1. The summed E-state index contributed by atoms with van der Waals surface area (Å²) in [5, 5.41) is 4.11. The highest BCUT2D eigenvalue weighted by atomic mass is 79.9. The fraction of sp³-hybridized carbons (Fsp3) is 0.500. The van der Waals surface area contributed by atoms with Crippen molar-refractivity contribution in [2.24, 2.45) is 0 Å². The molecule has 1 fully saturated rings. The third kappa shape index (κ3) is 3.51. The predicted molar refractivity (Wildman–Crippen MR) is 97.0 cm³/mol. The zero-order chi connectivity index (χ0) is 19.1. The largest absolute Gasteiger partial charge is 0.444 e. The molecule has 1 atom stereocenters. The number of aromatic nitrogens is 3. The Morgan fingerprint density at radius 1 is 1.42 bits per heavy atom. The number of fused-ring (bicyclic) bond motifs is 1. The van der Waals surface area contributed by atoms with Gasteiger partial charge in [-0.05, 0) is 42.8 Å². The molecule has 9 nitrogen and oxygen atoms in total. The third-order valence-electron chi connectivity index (χ3n) is 3.85. The standard InChI is InChI=1S/C16H20BrN5O4/c1-16(2,3)26-15(24)21-4-5-25-7-11(21)13(23)10-6-9(17)12-14(18)19-8-20-22(10)12/h6,8,11H,4-5,7H2,1-3H3,(H2,18,19,20). The monoisotopic (exact) mass is 425 g/mol. The van der Waals surface area contributed by atoms with Crippen molar-refractivity contribution in [2.75, 3.05) is 25.5 Å². The molecule has 1 aliphatic heterocycles. The smallest absolute Gasteiger partial charge is 0.411 e. The molecule has 0 spiro atoms. The van der Waals surface area contributed by atoms with Crippen molar-refractivity contribution in [2.45, 2.75) is 32.4 Å². The molecule has 1 unspecified atom stereocenters. The first kappa shape index (κ1) is 18.6. The van der Waals surface area contributed by atoms with Crippen LogP contribution in [0.15, 0.2) is 16.9 Å². The summed E-state index contributed by atoms with van der Waals surface area (Å²) in [6, 6.07) is 0.810. The zero-order valence-corrected chi connectivity index (χ0v) is 16.3. The van der Waals surface area contributed by atoms with Crippen LogP contribution in [-0.2, 0) is 9.47 Å². The van der Waals surface area contributed by atoms with Gasteiger partial charge in [-0.15, -0.1) is 0 Å². The van der Waals surface area contributed by atoms with Crippen molar-refractivity contribution in [1.29, 1.82) is 0 Å². The number of hydrogen-bond acceptors (Lipinski definition) is 7. The summed E-state index contributed by atoms with van der Waals surface area (Å²) in [7, 11) is 0. The van der Waals surface area contributed by atoms with Gasteiger partial charge in [-0.2, -0.15) is 5.10 Å². The number of Topliss-reactive ketones (excluding diaryl/α,β-unsaturated/α-hetero) is 1. The molecule has 1 saturated heterocycles. The van der Waals surface area contributed by atoms with Crippen LogP contribution >= 0.6 is 15.9 Å². The van der Waals surface area contributed by atoms with E-state index in [0.29, 0.717) is 16.6 Å². The van der Waals surface area contributed by atoms with E-state index in [9.17, 15) is 9.59 Å². The molecular formula is C16H20BrN5O4. The van der Waals surface area contributed by atoms with Gasteiger partial charge in [0.2, 0.25) is 5.78 Å². The first-order valence-corrected chi connectivity index (χ1v) is 8.87. The van der Waals surface area contributed by atoms with Crippen LogP contribution in [0.5, 0.6) is 0 Å². The van der Waals surface area contributed by atoms with E-state index in [1.807, 2.05) is 0 Å². The SMILES string of the molecule is CC(C)(C)OC(=O)N1CCOCC1C(=O)c1cc(Br)c2c(N)ncnn12. The molecule has 140 valence electrons. The minimum atomic E-state index is -0.806. The number of carbonyl (C=O) groups is 2. The van der Waals surface area contributed by atoms with Gasteiger partial charge >= 0.3 is 6.09 Å². The molecule has 0 aliphatic carbocycles. The molecule has 2 aromatic heterocycles. The Morgan fingerprint density at radius 3 is 2.85 bits per heavy atom. The van der Waals surface area contributed by atoms with Crippen molar-refractivity contribution >= 4 is 39.1 Å². The molecular weight excluding hydrogens is 406 g/mol. The average molecular weight is 426 g/mol. The summed E-state index contributed by atoms with van der Waals surface area (Å²) < 4.78 is 12.9. The van der Waals surface area contributed by atoms with Crippen LogP contribution in [0.1, 0.15) is 31.3 Å². The van der Waals surface area contributed by atoms with Gasteiger partial charge in [-0.25, -0.2) is 14.3 Å². The molecule has 0 saturated carbocycles. The Balaban J connectivity index is 1.95. The highest BCUT2D eigenvalue weighted by Crippen LogP contribution is 2.27. The molecule has 3 rings (SSSR count). The van der Waals surface area contributed by atoms with E-state index in [4.69, 9.17) is 15.2 Å². The molecule has 26 heavy (non-hydrogen) atoms. The van der Waals surface area contributed by atoms with Crippen LogP contribution in [-0.4, -0.2) is 62.8 Å². The number of halogens is 1. The van der Waals surface area contributed by atoms with Crippen molar-refractivity contribution in [1.82, 2.24) is 19.5 Å². The van der Waals surface area contributed by atoms with Gasteiger partial charge in [0.05, 0.1) is 13.2 Å². The lowest BCUT2D eigenvalue weighted by Crippen LogP contribution is -2.54. The maximum Gasteiger partial charge on any atom is 0.411 e. The van der Waals surface area contributed by atoms with Crippen molar-refractivity contribution in [3.05, 3.63) is 22.6 Å². The number of nitrogens with two attached hydrogens (primary N) is 1. The number of anilines is 1. The average Bonchev–Trinajstić information content (AvgIpc) is 2.91. The number of rotatable bonds is 2. The van der Waals surface area contributed by atoms with Crippen molar-refractivity contribution < 1.29 is 19.1 Å². The highest BCUT2D eigenvalue weighted by molar-refractivity contribution is 9.10. The van der Waals surface area contributed by atoms with Crippen LogP contribution < -0.4 is 5.73 Å². The van der Waals surface area contributed by atoms with Gasteiger partial charge in [0.15, 0.2) is 5.82 Å². The van der Waals surface area contributed by atoms with Crippen molar-refractivity contribution in [3.8, 4) is 0 Å². The van der Waals surface area contributed by atoms with Crippen LogP contribution in [0.4, 0.5) is 10.6 Å². The molecule has 3 heterocycles. The predicted octanol–water partition coefficient (Wildman–Crippen LogP) is 1.89. The second-order valence-corrected chi connectivity index (χ2v) is 7.77. The van der Waals surface area contributed by atoms with Crippen LogP contribution in [0.3, 0.4) is 0 Å². The number of nitrogens with zero attached hydrogens (tertiary/aromatic N) is 4. The van der Waals surface area contributed by atoms with E-state index in [1.54, 1.807) is 26.8 Å². The van der Waals surface area contributed by atoms with Crippen LogP contribution in [0.25, 0.3) is 5.52 Å². The Kier molecular flexibility index (Phi) is 4.89. The summed E-state index contributed by atoms with van der Waals surface area (Å²) in [6.07, 6.45) is 0.724. The van der Waals surface area contributed by atoms with Crippen molar-refractivity contribution in [3.63, 3.8) is 0 Å². The van der Waals surface area contributed by atoms with E-state index in [1.165, 1.54) is 15.7 Å². The van der Waals surface area contributed by atoms with E-state index >= 15 is 0 Å². The summed E-state index contributed by atoms with van der Waals surface area (Å²) in [4.78, 5) is 31.0. The number of hydrogen-bond donors (Lipinski definition) is 1. The summed E-state index contributed by atoms with van der Waals surface area (Å²) in [5.74, 6) is -0.0656. The normalized spacial score (nSPS) is 18.2. The third-order valence-corrected chi connectivity index (χ3v) is 4.45. The molecule has 2 N–H and O–H groups in total. The van der Waals surface area contributed by atoms with Gasteiger partial charge in [-0.1, -0.05) is 0 Å². The molecule has 0 bridgehead atoms. The fourth-order valence-electron chi connectivity index (χ4n) is 2.73. The topological polar surface area (TPSA) is 112 Å². The molecule has 2 aromatic rings. The molecule has 10 heteroatoms. The lowest BCUT2D eigenvalue weighted by molar-refractivity contribution is -0.0267. The second kappa shape index (κ2) is 6.84. The van der Waals surface area contributed by atoms with Gasteiger partial charge in [0, 0.05) is 11.0 Å². The minimum Gasteiger partial charge on any atom is -0.444 e. The first-order chi connectivity index (χ1) is 12.2. The quantitative estimate of drug-likeness (QED) is 0.730. The second-order valence-electron chi connectivity index (χ2n) is 6.91. The van der Waals surface area contributed by atoms with Gasteiger partial charge < -0.3 is 15.2 Å². The summed E-state index contributed by atoms with van der Waals surface area (Å²) in [6.45, 7) is 6.03. The number of nitrogen functional groups attached to an aromatic ring is 1. The van der Waals surface area contributed by atoms with E-state index in [2.05, 4.69) is 26.0 Å². The van der Waals surface area contributed by atoms with E-state index in [-0.39, 0.29) is 30.4 Å². The lowest BCUT2D eigenvalue weighted by atomic mass is 10.1. The molecule has 0 radical (unpaired) electrons. The maximum absolute atomic E-state index is 13.1. The number of amides is 1. The Hall–Kier alpha value is -2.20. The zero-order valence-electron chi connectivity index (χ0n) is 14.7. The summed E-state index contributed by atoms with van der Waals surface area (Å²) >= 11 is 3.38. The van der Waals surface area contributed by atoms with Gasteiger partial charge in [0.25, 0.3) is 0 Å². The Bertz CT molecular complexity index is 860. The summed E-state index contributed by atoms with van der Waals surface area (Å²) in [5.41, 5.74) is 5.99. The van der Waals surface area contributed by atoms with E-state index in [0.717, 1.165) is 0 Å². The Labute approximate surface area is 158 Å². The number of carbonyl (C=O) groups excluding carboxylic acids is 2.